The fourth-order valence-electron chi connectivity index (χ4n) is 1.81. The van der Waals surface area contributed by atoms with E-state index in [2.05, 4.69) is 10.3 Å². The number of methoxy groups -OCH3 is 1. The number of hydrogen-bond donors (Lipinski definition) is 1. The van der Waals surface area contributed by atoms with Gasteiger partial charge in [-0.1, -0.05) is 12.1 Å². The summed E-state index contributed by atoms with van der Waals surface area (Å²) in [5.41, 5.74) is 0. The first-order valence-corrected chi connectivity index (χ1v) is 6.88. The van der Waals surface area contributed by atoms with Crippen molar-refractivity contribution in [2.24, 2.45) is 0 Å². The first kappa shape index (κ1) is 15.6. The fraction of sp³-hybridized carbons (Fsp3) is 0.250. The van der Waals surface area contributed by atoms with E-state index in [1.165, 1.54) is 0 Å². The van der Waals surface area contributed by atoms with Crippen LogP contribution in [0.1, 0.15) is 6.92 Å². The van der Waals surface area contributed by atoms with Gasteiger partial charge < -0.3 is 19.5 Å². The van der Waals surface area contributed by atoms with Gasteiger partial charge in [0.2, 0.25) is 0 Å². The van der Waals surface area contributed by atoms with Crippen LogP contribution in [-0.2, 0) is 4.79 Å². The lowest BCUT2D eigenvalue weighted by molar-refractivity contribution is -0.118. The van der Waals surface area contributed by atoms with Crippen molar-refractivity contribution >= 4 is 11.7 Å². The summed E-state index contributed by atoms with van der Waals surface area (Å²) in [7, 11) is 1.55. The van der Waals surface area contributed by atoms with Gasteiger partial charge in [0.1, 0.15) is 0 Å². The molecule has 0 fully saturated rings. The van der Waals surface area contributed by atoms with E-state index in [0.717, 1.165) is 0 Å². The normalized spacial score (nSPS) is 9.91. The molecule has 0 saturated carbocycles. The molecule has 1 aromatic heterocycles. The molecule has 116 valence electrons. The first-order valence-electron chi connectivity index (χ1n) is 6.88. The van der Waals surface area contributed by atoms with Crippen LogP contribution in [0, 0.1) is 0 Å². The van der Waals surface area contributed by atoms with Gasteiger partial charge in [-0.2, -0.15) is 0 Å². The summed E-state index contributed by atoms with van der Waals surface area (Å²) in [6, 6.07) is 10.6. The van der Waals surface area contributed by atoms with E-state index in [1.807, 2.05) is 19.1 Å². The predicted molar refractivity (Wildman–Crippen MR) is 82.5 cm³/mol. The number of anilines is 1. The molecule has 6 nitrogen and oxygen atoms in total. The van der Waals surface area contributed by atoms with Crippen LogP contribution in [0.5, 0.6) is 17.2 Å². The van der Waals surface area contributed by atoms with E-state index in [-0.39, 0.29) is 12.5 Å². The van der Waals surface area contributed by atoms with Gasteiger partial charge in [-0.05, 0) is 31.2 Å². The van der Waals surface area contributed by atoms with Crippen molar-refractivity contribution in [3.8, 4) is 17.2 Å². The van der Waals surface area contributed by atoms with Gasteiger partial charge in [-0.15, -0.1) is 0 Å². The molecule has 0 radical (unpaired) electrons. The minimum absolute atomic E-state index is 0.150. The zero-order valence-electron chi connectivity index (χ0n) is 12.5. The van der Waals surface area contributed by atoms with Crippen LogP contribution in [0.2, 0.25) is 0 Å². The van der Waals surface area contributed by atoms with E-state index in [9.17, 15) is 4.79 Å². The van der Waals surface area contributed by atoms with Crippen LogP contribution in [-0.4, -0.2) is 31.2 Å². The second kappa shape index (κ2) is 7.87. The Morgan fingerprint density at radius 2 is 1.82 bits per heavy atom. The quantitative estimate of drug-likeness (QED) is 0.851. The van der Waals surface area contributed by atoms with Gasteiger partial charge in [0.05, 0.1) is 13.7 Å². The molecule has 22 heavy (non-hydrogen) atoms. The highest BCUT2D eigenvalue weighted by atomic mass is 16.5. The number of pyridine rings is 1. The average molecular weight is 302 g/mol. The van der Waals surface area contributed by atoms with Crippen molar-refractivity contribution in [3.05, 3.63) is 42.6 Å². The number of hydrogen-bond acceptors (Lipinski definition) is 5. The molecule has 0 bridgehead atoms. The third-order valence-corrected chi connectivity index (χ3v) is 2.76. The third-order valence-electron chi connectivity index (χ3n) is 2.76. The number of nitrogens with one attached hydrogen (secondary N) is 1. The molecule has 6 heteroatoms. The van der Waals surface area contributed by atoms with Crippen molar-refractivity contribution in [1.29, 1.82) is 0 Å². The van der Waals surface area contributed by atoms with Gasteiger partial charge in [-0.25, -0.2) is 4.98 Å². The lowest BCUT2D eigenvalue weighted by atomic mass is 10.3. The average Bonchev–Trinajstić information content (AvgIpc) is 2.55. The fourth-order valence-corrected chi connectivity index (χ4v) is 1.81. The SMILES string of the molecule is CCOc1cccnc1NC(=O)COc1ccccc1OC. The molecule has 0 aliphatic heterocycles. The van der Waals surface area contributed by atoms with Crippen LogP contribution in [0.4, 0.5) is 5.82 Å². The van der Waals surface area contributed by atoms with E-state index in [4.69, 9.17) is 14.2 Å². The monoisotopic (exact) mass is 302 g/mol. The molecule has 0 atom stereocenters. The molecule has 0 spiro atoms. The maximum absolute atomic E-state index is 12.0. The summed E-state index contributed by atoms with van der Waals surface area (Å²) >= 11 is 0. The van der Waals surface area contributed by atoms with Crippen molar-refractivity contribution in [3.63, 3.8) is 0 Å². The van der Waals surface area contributed by atoms with E-state index in [1.54, 1.807) is 37.6 Å². The van der Waals surface area contributed by atoms with Crippen LogP contribution >= 0.6 is 0 Å². The molecule has 0 aliphatic rings. The third kappa shape index (κ3) is 4.12. The van der Waals surface area contributed by atoms with Gasteiger partial charge >= 0.3 is 0 Å². The standard InChI is InChI=1S/C16H18N2O4/c1-3-21-14-9-6-10-17-16(14)18-15(19)11-22-13-8-5-4-7-12(13)20-2/h4-10H,3,11H2,1-2H3,(H,17,18,19). The van der Waals surface area contributed by atoms with Gasteiger partial charge in [0.15, 0.2) is 29.7 Å². The second-order valence-electron chi connectivity index (χ2n) is 4.27. The van der Waals surface area contributed by atoms with E-state index >= 15 is 0 Å². The summed E-state index contributed by atoms with van der Waals surface area (Å²) in [5.74, 6) is 1.65. The van der Waals surface area contributed by atoms with Crippen LogP contribution in [0.15, 0.2) is 42.6 Å². The molecule has 1 aromatic carbocycles. The Morgan fingerprint density at radius 1 is 1.09 bits per heavy atom. The molecular weight excluding hydrogens is 284 g/mol. The summed E-state index contributed by atoms with van der Waals surface area (Å²) in [4.78, 5) is 16.1. The van der Waals surface area contributed by atoms with E-state index in [0.29, 0.717) is 29.7 Å². The number of nitrogens with zero attached hydrogens (tertiary/aromatic N) is 1. The molecule has 1 N–H and O–H groups in total. The molecule has 0 aliphatic carbocycles. The van der Waals surface area contributed by atoms with E-state index < -0.39 is 0 Å². The number of amides is 1. The van der Waals surface area contributed by atoms with Crippen LogP contribution in [0.25, 0.3) is 0 Å². The lowest BCUT2D eigenvalue weighted by Gasteiger charge is -2.12. The maximum atomic E-state index is 12.0. The highest BCUT2D eigenvalue weighted by molar-refractivity contribution is 5.92. The Kier molecular flexibility index (Phi) is 5.59. The molecule has 0 saturated heterocycles. The first-order chi connectivity index (χ1) is 10.7. The van der Waals surface area contributed by atoms with Gasteiger partial charge in [0.25, 0.3) is 5.91 Å². The Morgan fingerprint density at radius 3 is 2.55 bits per heavy atom. The number of carbonyl (C=O) groups is 1. The Balaban J connectivity index is 1.96. The largest absolute Gasteiger partial charge is 0.493 e. The highest BCUT2D eigenvalue weighted by Crippen LogP contribution is 2.26. The van der Waals surface area contributed by atoms with Gasteiger partial charge in [-0.3, -0.25) is 4.79 Å². The molecule has 0 unspecified atom stereocenters. The number of aromatic nitrogens is 1. The minimum Gasteiger partial charge on any atom is -0.493 e. The summed E-state index contributed by atoms with van der Waals surface area (Å²) in [5, 5.41) is 2.66. The summed E-state index contributed by atoms with van der Waals surface area (Å²) in [6.45, 7) is 2.21. The smallest absolute Gasteiger partial charge is 0.263 e. The zero-order chi connectivity index (χ0) is 15.8. The van der Waals surface area contributed by atoms with Crippen molar-refractivity contribution < 1.29 is 19.0 Å². The predicted octanol–water partition coefficient (Wildman–Crippen LogP) is 2.51. The summed E-state index contributed by atoms with van der Waals surface area (Å²) < 4.78 is 16.0. The molecule has 2 rings (SSSR count). The number of rotatable bonds is 7. The highest BCUT2D eigenvalue weighted by Gasteiger charge is 2.10. The van der Waals surface area contributed by atoms with Crippen molar-refractivity contribution in [1.82, 2.24) is 4.98 Å². The Bertz CT molecular complexity index is 631. The summed E-state index contributed by atoms with van der Waals surface area (Å²) in [6.07, 6.45) is 1.58. The number of para-hydroxylation sites is 2. The number of carbonyl (C=O) groups excluding carboxylic acids is 1. The van der Waals surface area contributed by atoms with Crippen molar-refractivity contribution in [2.75, 3.05) is 25.6 Å². The van der Waals surface area contributed by atoms with Crippen molar-refractivity contribution in [2.45, 2.75) is 6.92 Å². The number of ether oxygens (including phenoxy) is 3. The topological polar surface area (TPSA) is 69.7 Å². The molecular formula is C16H18N2O4. The van der Waals surface area contributed by atoms with Crippen LogP contribution < -0.4 is 19.5 Å². The van der Waals surface area contributed by atoms with Gasteiger partial charge in [0, 0.05) is 6.20 Å². The molecule has 1 amide bonds. The lowest BCUT2D eigenvalue weighted by Crippen LogP contribution is -2.21. The Labute approximate surface area is 129 Å². The minimum atomic E-state index is -0.328. The zero-order valence-corrected chi connectivity index (χ0v) is 12.5. The number of benzene rings is 1. The maximum Gasteiger partial charge on any atom is 0.263 e. The van der Waals surface area contributed by atoms with Crippen LogP contribution in [0.3, 0.4) is 0 Å². The molecule has 1 heterocycles. The Hall–Kier alpha value is -2.76. The second-order valence-corrected chi connectivity index (χ2v) is 4.27. The molecule has 2 aromatic rings.